The lowest BCUT2D eigenvalue weighted by Crippen LogP contribution is -2.46. The number of likely N-dealkylation sites (N-methyl/N-ethyl adjacent to an activating group) is 2. The third-order valence-electron chi connectivity index (χ3n) is 3.31. The van der Waals surface area contributed by atoms with Crippen molar-refractivity contribution in [3.63, 3.8) is 0 Å². The van der Waals surface area contributed by atoms with E-state index in [9.17, 15) is 4.79 Å². The van der Waals surface area contributed by atoms with E-state index in [1.807, 2.05) is 21.0 Å². The summed E-state index contributed by atoms with van der Waals surface area (Å²) in [5.74, 6) is 0.204. The zero-order chi connectivity index (χ0) is 12.7. The van der Waals surface area contributed by atoms with Gasteiger partial charge in [-0.25, -0.2) is 0 Å². The quantitative estimate of drug-likeness (QED) is 0.669. The Kier molecular flexibility index (Phi) is 6.47. The summed E-state index contributed by atoms with van der Waals surface area (Å²) in [6.07, 6.45) is 0. The van der Waals surface area contributed by atoms with Gasteiger partial charge in [0.05, 0.1) is 6.54 Å². The summed E-state index contributed by atoms with van der Waals surface area (Å²) in [6.45, 7) is 9.74. The number of amides is 1. The number of carbonyl (C=O) groups is 1. The van der Waals surface area contributed by atoms with Crippen molar-refractivity contribution in [3.8, 4) is 0 Å². The van der Waals surface area contributed by atoms with Crippen molar-refractivity contribution in [1.82, 2.24) is 20.0 Å². The van der Waals surface area contributed by atoms with Crippen LogP contribution >= 0.6 is 0 Å². The molecule has 1 aliphatic rings. The van der Waals surface area contributed by atoms with Crippen LogP contribution in [-0.2, 0) is 4.79 Å². The minimum atomic E-state index is 0.204. The number of hydrogen-bond donors (Lipinski definition) is 1. The van der Waals surface area contributed by atoms with Gasteiger partial charge in [-0.3, -0.25) is 14.6 Å². The van der Waals surface area contributed by atoms with Gasteiger partial charge >= 0.3 is 0 Å². The second-order valence-corrected chi connectivity index (χ2v) is 4.74. The highest BCUT2D eigenvalue weighted by molar-refractivity contribution is 5.77. The summed E-state index contributed by atoms with van der Waals surface area (Å²) in [6, 6.07) is 0. The van der Waals surface area contributed by atoms with Crippen LogP contribution in [-0.4, -0.2) is 87.1 Å². The number of hydrogen-bond acceptors (Lipinski definition) is 4. The van der Waals surface area contributed by atoms with Crippen molar-refractivity contribution >= 4 is 5.91 Å². The molecule has 0 saturated carbocycles. The van der Waals surface area contributed by atoms with Gasteiger partial charge in [0.25, 0.3) is 0 Å². The fraction of sp³-hybridized carbons (Fsp3) is 0.917. The molecule has 5 heteroatoms. The van der Waals surface area contributed by atoms with Crippen LogP contribution in [0.4, 0.5) is 0 Å². The first kappa shape index (κ1) is 14.4. The minimum absolute atomic E-state index is 0.204. The molecule has 0 radical (unpaired) electrons. The largest absolute Gasteiger partial charge is 0.345 e. The summed E-state index contributed by atoms with van der Waals surface area (Å²) in [7, 11) is 3.87. The monoisotopic (exact) mass is 242 g/mol. The van der Waals surface area contributed by atoms with E-state index in [2.05, 4.69) is 15.1 Å². The molecule has 17 heavy (non-hydrogen) atoms. The molecule has 0 aromatic heterocycles. The van der Waals surface area contributed by atoms with Crippen LogP contribution < -0.4 is 5.32 Å². The molecule has 1 N–H and O–H groups in total. The van der Waals surface area contributed by atoms with Crippen LogP contribution in [0.2, 0.25) is 0 Å². The molecule has 1 amide bonds. The summed E-state index contributed by atoms with van der Waals surface area (Å²) in [4.78, 5) is 18.0. The molecule has 100 valence electrons. The number of carbonyl (C=O) groups excluding carboxylic acids is 1. The van der Waals surface area contributed by atoms with E-state index in [0.717, 1.165) is 45.8 Å². The molecule has 1 aliphatic heterocycles. The van der Waals surface area contributed by atoms with E-state index in [-0.39, 0.29) is 5.91 Å². The molecular weight excluding hydrogens is 216 g/mol. The zero-order valence-electron chi connectivity index (χ0n) is 11.4. The number of piperazine rings is 1. The van der Waals surface area contributed by atoms with Crippen LogP contribution in [0.3, 0.4) is 0 Å². The standard InChI is InChI=1S/C12H26N4O/c1-4-15(3)12(17)11-14(2)9-10-16-7-5-13-6-8-16/h13H,4-11H2,1-3H3. The predicted molar refractivity (Wildman–Crippen MR) is 70.1 cm³/mol. The van der Waals surface area contributed by atoms with Gasteiger partial charge in [-0.15, -0.1) is 0 Å². The number of nitrogens with zero attached hydrogens (tertiary/aromatic N) is 3. The Morgan fingerprint density at radius 3 is 2.53 bits per heavy atom. The van der Waals surface area contributed by atoms with Gasteiger partial charge in [-0.1, -0.05) is 0 Å². The van der Waals surface area contributed by atoms with Gasteiger partial charge < -0.3 is 10.2 Å². The second-order valence-electron chi connectivity index (χ2n) is 4.74. The third-order valence-corrected chi connectivity index (χ3v) is 3.31. The Morgan fingerprint density at radius 2 is 1.94 bits per heavy atom. The van der Waals surface area contributed by atoms with Gasteiger partial charge in [0, 0.05) is 52.9 Å². The molecule has 0 bridgehead atoms. The van der Waals surface area contributed by atoms with Crippen molar-refractivity contribution < 1.29 is 4.79 Å². The molecule has 0 aromatic carbocycles. The van der Waals surface area contributed by atoms with Gasteiger partial charge in [-0.05, 0) is 14.0 Å². The average Bonchev–Trinajstić information content (AvgIpc) is 2.36. The first-order chi connectivity index (χ1) is 8.13. The second kappa shape index (κ2) is 7.63. The lowest BCUT2D eigenvalue weighted by atomic mass is 10.3. The Labute approximate surface area is 105 Å². The maximum absolute atomic E-state index is 11.7. The molecule has 0 unspecified atom stereocenters. The van der Waals surface area contributed by atoms with Gasteiger partial charge in [0.15, 0.2) is 0 Å². The van der Waals surface area contributed by atoms with Gasteiger partial charge in [-0.2, -0.15) is 0 Å². The van der Waals surface area contributed by atoms with Crippen LogP contribution in [0.5, 0.6) is 0 Å². The molecule has 0 spiro atoms. The molecule has 0 aromatic rings. The fourth-order valence-corrected chi connectivity index (χ4v) is 1.85. The highest BCUT2D eigenvalue weighted by Crippen LogP contribution is 1.94. The molecule has 1 fully saturated rings. The first-order valence-electron chi connectivity index (χ1n) is 6.49. The van der Waals surface area contributed by atoms with Crippen LogP contribution in [0.15, 0.2) is 0 Å². The van der Waals surface area contributed by atoms with Gasteiger partial charge in [0.1, 0.15) is 0 Å². The summed E-state index contributed by atoms with van der Waals surface area (Å²) >= 11 is 0. The minimum Gasteiger partial charge on any atom is -0.345 e. The molecule has 1 rings (SSSR count). The number of rotatable bonds is 6. The Balaban J connectivity index is 2.15. The fourth-order valence-electron chi connectivity index (χ4n) is 1.85. The van der Waals surface area contributed by atoms with Crippen molar-refractivity contribution in [2.75, 3.05) is 66.5 Å². The van der Waals surface area contributed by atoms with Crippen LogP contribution in [0, 0.1) is 0 Å². The topological polar surface area (TPSA) is 38.8 Å². The summed E-state index contributed by atoms with van der Waals surface area (Å²) in [5, 5.41) is 3.34. The lowest BCUT2D eigenvalue weighted by Gasteiger charge is -2.29. The van der Waals surface area contributed by atoms with E-state index in [0.29, 0.717) is 6.54 Å². The lowest BCUT2D eigenvalue weighted by molar-refractivity contribution is -0.130. The van der Waals surface area contributed by atoms with Crippen molar-refractivity contribution in [2.24, 2.45) is 0 Å². The third kappa shape index (κ3) is 5.48. The highest BCUT2D eigenvalue weighted by Gasteiger charge is 2.13. The highest BCUT2D eigenvalue weighted by atomic mass is 16.2. The Bertz CT molecular complexity index is 229. The maximum Gasteiger partial charge on any atom is 0.236 e. The SMILES string of the molecule is CCN(C)C(=O)CN(C)CCN1CCNCC1. The van der Waals surface area contributed by atoms with Crippen molar-refractivity contribution in [1.29, 1.82) is 0 Å². The molecule has 5 nitrogen and oxygen atoms in total. The van der Waals surface area contributed by atoms with Crippen LogP contribution in [0.25, 0.3) is 0 Å². The first-order valence-corrected chi connectivity index (χ1v) is 6.49. The normalized spacial score (nSPS) is 17.4. The predicted octanol–water partition coefficient (Wildman–Crippen LogP) is -0.698. The van der Waals surface area contributed by atoms with Crippen LogP contribution in [0.1, 0.15) is 6.92 Å². The van der Waals surface area contributed by atoms with E-state index >= 15 is 0 Å². The van der Waals surface area contributed by atoms with Crippen molar-refractivity contribution in [3.05, 3.63) is 0 Å². The van der Waals surface area contributed by atoms with E-state index < -0.39 is 0 Å². The van der Waals surface area contributed by atoms with E-state index in [1.165, 1.54) is 0 Å². The smallest absolute Gasteiger partial charge is 0.236 e. The zero-order valence-corrected chi connectivity index (χ0v) is 11.4. The molecular formula is C12H26N4O. The molecule has 0 atom stereocenters. The Hall–Kier alpha value is -0.650. The van der Waals surface area contributed by atoms with Crippen molar-refractivity contribution in [2.45, 2.75) is 6.92 Å². The van der Waals surface area contributed by atoms with Gasteiger partial charge in [0.2, 0.25) is 5.91 Å². The summed E-state index contributed by atoms with van der Waals surface area (Å²) in [5.41, 5.74) is 0. The average molecular weight is 242 g/mol. The Morgan fingerprint density at radius 1 is 1.29 bits per heavy atom. The van der Waals surface area contributed by atoms with E-state index in [4.69, 9.17) is 0 Å². The van der Waals surface area contributed by atoms with E-state index in [1.54, 1.807) is 4.90 Å². The molecule has 1 saturated heterocycles. The molecule has 1 heterocycles. The number of nitrogens with one attached hydrogen (secondary N) is 1. The maximum atomic E-state index is 11.7. The molecule has 0 aliphatic carbocycles. The summed E-state index contributed by atoms with van der Waals surface area (Å²) < 4.78 is 0.